The van der Waals surface area contributed by atoms with E-state index < -0.39 is 65.0 Å². The molecule has 0 spiro atoms. The molecule has 2 radical (unpaired) electrons. The van der Waals surface area contributed by atoms with E-state index in [2.05, 4.69) is 23.2 Å². The van der Waals surface area contributed by atoms with Gasteiger partial charge in [0.1, 0.15) is 58.9 Å². The fraction of sp³-hybridized carbons (Fsp3) is 0.651. The first-order chi connectivity index (χ1) is 39.5. The number of benzene rings is 2. The van der Waals surface area contributed by atoms with Crippen molar-refractivity contribution in [3.05, 3.63) is 47.8 Å². The van der Waals surface area contributed by atoms with Crippen LogP contribution < -0.4 is 29.6 Å². The summed E-state index contributed by atoms with van der Waals surface area (Å²) in [5.41, 5.74) is 2.77. The summed E-state index contributed by atoms with van der Waals surface area (Å²) in [7, 11) is 3.22. The van der Waals surface area contributed by atoms with Gasteiger partial charge in [0.25, 0.3) is 0 Å². The maximum atomic E-state index is 14.0. The molecular weight excluding hydrogens is 1160 g/mol. The average Bonchev–Trinajstić information content (AvgIpc) is 2.05. The van der Waals surface area contributed by atoms with Crippen molar-refractivity contribution in [1.82, 2.24) is 40.4 Å². The van der Waals surface area contributed by atoms with E-state index in [1.807, 2.05) is 98.7 Å². The minimum Gasteiger partial charge on any atom is -0.540 e. The van der Waals surface area contributed by atoms with Crippen molar-refractivity contribution >= 4 is 58.6 Å². The molecule has 4 aliphatic carbocycles. The number of hydrogen-bond acceptors (Lipinski definition) is 16. The van der Waals surface area contributed by atoms with E-state index in [1.165, 1.54) is 9.80 Å². The maximum absolute atomic E-state index is 14.0. The summed E-state index contributed by atoms with van der Waals surface area (Å²) in [6.07, 6.45) is 11.7. The number of nitrogens with one attached hydrogen (secondary N) is 2. The van der Waals surface area contributed by atoms with Gasteiger partial charge in [-0.25, -0.2) is 42.1 Å². The number of fused-ring (bicyclic) bond motifs is 14. The van der Waals surface area contributed by atoms with E-state index in [9.17, 15) is 28.8 Å². The van der Waals surface area contributed by atoms with Crippen LogP contribution in [0.3, 0.4) is 0 Å². The standard InChI is InChI=1S/C32H41N4O6.C31H39N4O6.2V/c1-17-24(16-37)36-15-25(17)41-28-26(33-22-11-10-20(40-6)13-23(22)34-28)21-12-18(21)8-7-9-19-14-32(19,5)42-30(39)35-27(29(36)38)31(2,3)4;1-16-23(15-36)35-14-25(16)40-28-26(32-21-10-9-19(39-5)13-22(21)33-28)20-11-17(20)7-6-8-18-12-24(18)41-30(38)34-27(29(35)37)31(2,3)4;;/h10-11,13,17-19,21,24-25,27H,7-9,12,14-15H2,1-6H3,(H,35,39);9-10,13,16-18,20,23-25,27H,6-8,11-12,14H2,1-5H3,(H,34,38);;/q2*-1;;/t17-,18?,19+,21?,24+,25-,27+,32+;16-,17?,18+,20?,23+,24+,25-,27+;;/m00../s1. The normalized spacial score (nSPS) is 33.5. The van der Waals surface area contributed by atoms with Crippen LogP contribution in [-0.4, -0.2) is 142 Å². The second-order valence-electron chi connectivity index (χ2n) is 27.2. The van der Waals surface area contributed by atoms with Gasteiger partial charge in [-0.2, -0.15) is 0 Å². The van der Waals surface area contributed by atoms with Crippen LogP contribution in [0.1, 0.15) is 150 Å². The third-order valence-corrected chi connectivity index (χ3v) is 19.0. The van der Waals surface area contributed by atoms with Crippen molar-refractivity contribution in [3.63, 3.8) is 0 Å². The van der Waals surface area contributed by atoms with Crippen molar-refractivity contribution in [3.8, 4) is 23.3 Å². The van der Waals surface area contributed by atoms with E-state index in [1.54, 1.807) is 14.2 Å². The topological polar surface area (TPSA) is 240 Å². The molecule has 22 heteroatoms. The Balaban J connectivity index is 0.000000199. The molecule has 4 aliphatic heterocycles. The number of carbonyl (C=O) groups is 4. The predicted octanol–water partition coefficient (Wildman–Crippen LogP) is 8.70. The molecule has 12 rings (SSSR count). The van der Waals surface area contributed by atoms with Gasteiger partial charge < -0.3 is 58.4 Å². The molecule has 2 aromatic heterocycles. The zero-order chi connectivity index (χ0) is 59.0. The minimum absolute atomic E-state index is 0. The Kier molecular flexibility index (Phi) is 18.6. The fourth-order valence-electron chi connectivity index (χ4n) is 13.2. The van der Waals surface area contributed by atoms with Gasteiger partial charge in [-0.05, 0) is 123 Å². The Morgan fingerprint density at radius 2 is 1.04 bits per heavy atom. The second-order valence-corrected chi connectivity index (χ2v) is 27.2. The SMILES string of the molecule is COc1ccc2nc3c(nc2c1)O[C@H]1CN(C(=O)[C@H](C(C)(C)C)NC(=O)O[C@@H]2C[C@H]2CCCC2CC32)[C@H]([C-]=O)[C@@H]1C.COc1ccc2nc3c(nc2c1)O[C@H]1CN(C(=O)[C@H](C(C)(C)C)NC(=O)O[C@]2(C)C[C@H]2CCCC2CC32)[C@H]([C-]=O)[C@@H]1C.[V].[V]. The predicted molar refractivity (Wildman–Crippen MR) is 305 cm³/mol. The van der Waals surface area contributed by atoms with Crippen LogP contribution in [-0.2, 0) is 65.8 Å². The molecule has 20 nitrogen and oxygen atoms in total. The van der Waals surface area contributed by atoms with Gasteiger partial charge in [0.2, 0.25) is 23.6 Å². The van der Waals surface area contributed by atoms with Crippen molar-refractivity contribution in [2.45, 2.75) is 186 Å². The van der Waals surface area contributed by atoms with Gasteiger partial charge in [0.15, 0.2) is 0 Å². The van der Waals surface area contributed by atoms with Gasteiger partial charge in [0, 0.05) is 67.0 Å². The summed E-state index contributed by atoms with van der Waals surface area (Å²) >= 11 is 0. The van der Waals surface area contributed by atoms with E-state index >= 15 is 0 Å². The number of ether oxygens (including phenoxy) is 6. The van der Waals surface area contributed by atoms with Gasteiger partial charge in [-0.3, -0.25) is 9.59 Å². The van der Waals surface area contributed by atoms with E-state index in [-0.39, 0.29) is 91.8 Å². The van der Waals surface area contributed by atoms with Crippen molar-refractivity contribution in [2.75, 3.05) is 27.3 Å². The molecule has 4 bridgehead atoms. The first kappa shape index (κ1) is 63.8. The minimum atomic E-state index is -0.901. The van der Waals surface area contributed by atoms with Crippen molar-refractivity contribution < 1.29 is 94.3 Å². The molecule has 85 heavy (non-hydrogen) atoms. The monoisotopic (exact) mass is 1240 g/mol. The Morgan fingerprint density at radius 3 is 1.48 bits per heavy atom. The zero-order valence-electron chi connectivity index (χ0n) is 50.6. The number of alkyl carbamates (subject to hydrolysis) is 2. The Morgan fingerprint density at radius 1 is 0.588 bits per heavy atom. The summed E-state index contributed by atoms with van der Waals surface area (Å²) in [6.45, 7) is 17.4. The van der Waals surface area contributed by atoms with Crippen molar-refractivity contribution in [2.24, 2.45) is 46.3 Å². The summed E-state index contributed by atoms with van der Waals surface area (Å²) in [6, 6.07) is 7.81. The van der Waals surface area contributed by atoms with Gasteiger partial charge in [0.05, 0.1) is 49.4 Å². The molecule has 4 aromatic rings. The van der Waals surface area contributed by atoms with E-state index in [0.717, 1.165) is 86.6 Å². The van der Waals surface area contributed by atoms with Crippen LogP contribution in [0.5, 0.6) is 23.3 Å². The third kappa shape index (κ3) is 13.4. The number of rotatable bonds is 4. The summed E-state index contributed by atoms with van der Waals surface area (Å²) in [5, 5.41) is 5.65. The molecule has 6 heterocycles. The number of amides is 4. The molecule has 2 aromatic carbocycles. The Bertz CT molecular complexity index is 3200. The molecule has 4 saturated carbocycles. The van der Waals surface area contributed by atoms with Crippen LogP contribution in [0.4, 0.5) is 9.59 Å². The van der Waals surface area contributed by atoms with E-state index in [0.29, 0.717) is 58.0 Å². The molecule has 8 aliphatic rings. The molecular formula is C63H80N8O12V2-2. The molecule has 4 unspecified atom stereocenters. The van der Waals surface area contributed by atoms with Crippen LogP contribution in [0.15, 0.2) is 36.4 Å². The number of methoxy groups -OCH3 is 2. The maximum Gasteiger partial charge on any atom is 0.408 e. The summed E-state index contributed by atoms with van der Waals surface area (Å²) in [4.78, 5) is 101. The molecule has 6 fully saturated rings. The molecule has 456 valence electrons. The van der Waals surface area contributed by atoms with Gasteiger partial charge in [-0.15, -0.1) is 0 Å². The van der Waals surface area contributed by atoms with Crippen LogP contribution in [0, 0.1) is 46.3 Å². The first-order valence-corrected chi connectivity index (χ1v) is 29.9. The third-order valence-electron chi connectivity index (χ3n) is 19.0. The van der Waals surface area contributed by atoms with Gasteiger partial charge in [-0.1, -0.05) is 80.3 Å². The smallest absolute Gasteiger partial charge is 0.408 e. The molecule has 2 N–H and O–H groups in total. The number of aromatic nitrogens is 4. The molecule has 2 saturated heterocycles. The van der Waals surface area contributed by atoms with Crippen LogP contribution >= 0.6 is 0 Å². The molecule has 16 atom stereocenters. The number of hydrogen-bond donors (Lipinski definition) is 2. The first-order valence-electron chi connectivity index (χ1n) is 29.9. The van der Waals surface area contributed by atoms with Crippen molar-refractivity contribution in [1.29, 1.82) is 0 Å². The number of carbonyl (C=O) groups excluding carboxylic acids is 6. The quantitative estimate of drug-likeness (QED) is 0.182. The summed E-state index contributed by atoms with van der Waals surface area (Å²) in [5.74, 6) is 2.94. The Hall–Kier alpha value is -5.69. The average molecular weight is 1240 g/mol. The largest absolute Gasteiger partial charge is 0.540 e. The molecule has 4 amide bonds. The Labute approximate surface area is 521 Å². The second kappa shape index (κ2) is 24.8. The summed E-state index contributed by atoms with van der Waals surface area (Å²) < 4.78 is 35.5. The van der Waals surface area contributed by atoms with Crippen LogP contribution in [0.25, 0.3) is 22.1 Å². The zero-order valence-corrected chi connectivity index (χ0v) is 53.4. The number of nitrogens with zero attached hydrogens (tertiary/aromatic N) is 6. The van der Waals surface area contributed by atoms with Gasteiger partial charge >= 0.3 is 12.2 Å². The van der Waals surface area contributed by atoms with E-state index in [4.69, 9.17) is 48.4 Å². The fourth-order valence-corrected chi connectivity index (χ4v) is 13.2. The van der Waals surface area contributed by atoms with Crippen LogP contribution in [0.2, 0.25) is 0 Å².